The average Bonchev–Trinajstić information content (AvgIpc) is 2.18. The molecule has 1 heterocycles. The Hall–Kier alpha value is -1.12. The van der Waals surface area contributed by atoms with E-state index >= 15 is 0 Å². The summed E-state index contributed by atoms with van der Waals surface area (Å²) in [5, 5.41) is 8.74. The van der Waals surface area contributed by atoms with Crippen LogP contribution in [-0.2, 0) is 0 Å². The zero-order chi connectivity index (χ0) is 9.97. The summed E-state index contributed by atoms with van der Waals surface area (Å²) in [6.07, 6.45) is 2.60. The number of aromatic nitrogens is 2. The quantitative estimate of drug-likeness (QED) is 0.742. The van der Waals surface area contributed by atoms with Gasteiger partial charge in [-0.2, -0.15) is 0 Å². The zero-order valence-electron chi connectivity index (χ0n) is 7.04. The highest BCUT2D eigenvalue weighted by atomic mass is 35.5. The highest BCUT2D eigenvalue weighted by Gasteiger charge is 2.01. The zero-order valence-corrected chi connectivity index (χ0v) is 8.55. The number of nitrogens with zero attached hydrogens (tertiary/aromatic N) is 2. The van der Waals surface area contributed by atoms with E-state index in [2.05, 4.69) is 16.4 Å². The van der Waals surface area contributed by atoms with Gasteiger partial charge in [-0.1, -0.05) is 23.2 Å². The Labute approximate surface area is 91.5 Å². The highest BCUT2D eigenvalue weighted by Crippen LogP contribution is 2.25. The van der Waals surface area contributed by atoms with Gasteiger partial charge < -0.3 is 0 Å². The Morgan fingerprint density at radius 1 is 1.07 bits per heavy atom. The molecule has 0 amide bonds. The molecule has 2 nitrogen and oxygen atoms in total. The summed E-state index contributed by atoms with van der Waals surface area (Å²) in [6, 6.07) is 8.75. The van der Waals surface area contributed by atoms with Crippen molar-refractivity contribution >= 4 is 23.2 Å². The van der Waals surface area contributed by atoms with Gasteiger partial charge in [-0.15, -0.1) is 10.2 Å². The Kier molecular flexibility index (Phi) is 2.66. The van der Waals surface area contributed by atoms with Crippen LogP contribution in [0.5, 0.6) is 0 Å². The molecule has 1 radical (unpaired) electrons. The van der Waals surface area contributed by atoms with Crippen LogP contribution in [0.2, 0.25) is 10.0 Å². The minimum Gasteiger partial charge on any atom is -0.150 e. The van der Waals surface area contributed by atoms with Gasteiger partial charge in [-0.25, -0.2) is 0 Å². The molecule has 0 aliphatic carbocycles. The first kappa shape index (κ1) is 9.44. The number of benzene rings is 1. The minimum absolute atomic E-state index is 0.585. The van der Waals surface area contributed by atoms with Gasteiger partial charge in [0.25, 0.3) is 0 Å². The molecule has 0 bridgehead atoms. The van der Waals surface area contributed by atoms with Crippen LogP contribution < -0.4 is 0 Å². The third-order valence-electron chi connectivity index (χ3n) is 1.69. The van der Waals surface area contributed by atoms with Crippen molar-refractivity contribution in [1.82, 2.24) is 10.2 Å². The Balaban J connectivity index is 2.52. The molecule has 0 fully saturated rings. The molecule has 0 spiro atoms. The second kappa shape index (κ2) is 3.95. The molecule has 4 heteroatoms. The van der Waals surface area contributed by atoms with Crippen LogP contribution in [0.25, 0.3) is 11.3 Å². The predicted molar refractivity (Wildman–Crippen MR) is 56.3 cm³/mol. The molecule has 0 aliphatic heterocycles. The third-order valence-corrected chi connectivity index (χ3v) is 2.13. The molecular formula is C10H5Cl2N2. The van der Waals surface area contributed by atoms with Gasteiger partial charge in [-0.3, -0.25) is 0 Å². The second-order valence-corrected chi connectivity index (χ2v) is 3.58. The summed E-state index contributed by atoms with van der Waals surface area (Å²) in [7, 11) is 0. The molecule has 1 aromatic heterocycles. The molecule has 14 heavy (non-hydrogen) atoms. The van der Waals surface area contributed by atoms with Gasteiger partial charge in [0.05, 0.1) is 5.69 Å². The molecule has 0 aliphatic rings. The molecular weight excluding hydrogens is 219 g/mol. The van der Waals surface area contributed by atoms with Crippen LogP contribution in [0.1, 0.15) is 0 Å². The van der Waals surface area contributed by atoms with E-state index in [0.717, 1.165) is 11.3 Å². The first-order valence-corrected chi connectivity index (χ1v) is 4.67. The van der Waals surface area contributed by atoms with E-state index in [0.29, 0.717) is 10.0 Å². The standard InChI is InChI=1S/C10H5Cl2N2/c11-8-4-7(5-9(12)6-8)10-2-1-3-13-14-10/h1-2,4-6H. The van der Waals surface area contributed by atoms with Gasteiger partial charge in [0.2, 0.25) is 0 Å². The van der Waals surface area contributed by atoms with Crippen molar-refractivity contribution in [2.24, 2.45) is 0 Å². The Bertz CT molecular complexity index is 423. The van der Waals surface area contributed by atoms with E-state index in [1.54, 1.807) is 30.3 Å². The van der Waals surface area contributed by atoms with Gasteiger partial charge >= 0.3 is 0 Å². The molecule has 0 N–H and O–H groups in total. The predicted octanol–water partition coefficient (Wildman–Crippen LogP) is 3.25. The Morgan fingerprint density at radius 3 is 2.36 bits per heavy atom. The number of hydrogen-bond acceptors (Lipinski definition) is 2. The lowest BCUT2D eigenvalue weighted by Crippen LogP contribution is -1.85. The van der Waals surface area contributed by atoms with E-state index in [4.69, 9.17) is 23.2 Å². The lowest BCUT2D eigenvalue weighted by Gasteiger charge is -2.00. The number of halogens is 2. The van der Waals surface area contributed by atoms with Crippen molar-refractivity contribution in [3.05, 3.63) is 46.6 Å². The molecule has 0 saturated carbocycles. The summed E-state index contributed by atoms with van der Waals surface area (Å²) in [5.74, 6) is 0. The van der Waals surface area contributed by atoms with E-state index in [1.165, 1.54) is 0 Å². The van der Waals surface area contributed by atoms with Crippen LogP contribution in [0.3, 0.4) is 0 Å². The molecule has 1 aromatic carbocycles. The van der Waals surface area contributed by atoms with Gasteiger partial charge in [0.1, 0.15) is 6.20 Å². The lowest BCUT2D eigenvalue weighted by atomic mass is 10.1. The minimum atomic E-state index is 0.585. The van der Waals surface area contributed by atoms with Gasteiger partial charge in [-0.05, 0) is 30.3 Å². The SMILES string of the molecule is Clc1cc(Cl)cc(-c2cc[c]nn2)c1. The van der Waals surface area contributed by atoms with Crippen molar-refractivity contribution in [1.29, 1.82) is 0 Å². The molecule has 2 aromatic rings. The van der Waals surface area contributed by atoms with Crippen LogP contribution in [0.4, 0.5) is 0 Å². The lowest BCUT2D eigenvalue weighted by molar-refractivity contribution is 1.03. The van der Waals surface area contributed by atoms with Gasteiger partial charge in [0.15, 0.2) is 0 Å². The summed E-state index contributed by atoms with van der Waals surface area (Å²) in [5.41, 5.74) is 1.58. The topological polar surface area (TPSA) is 25.8 Å². The van der Waals surface area contributed by atoms with E-state index in [9.17, 15) is 0 Å². The first-order valence-electron chi connectivity index (χ1n) is 3.92. The fraction of sp³-hybridized carbons (Fsp3) is 0. The van der Waals surface area contributed by atoms with Crippen LogP contribution in [0.15, 0.2) is 30.3 Å². The highest BCUT2D eigenvalue weighted by molar-refractivity contribution is 6.35. The Morgan fingerprint density at radius 2 is 1.79 bits per heavy atom. The van der Waals surface area contributed by atoms with E-state index in [-0.39, 0.29) is 0 Å². The van der Waals surface area contributed by atoms with Gasteiger partial charge in [0, 0.05) is 15.6 Å². The van der Waals surface area contributed by atoms with Crippen molar-refractivity contribution in [3.8, 4) is 11.3 Å². The largest absolute Gasteiger partial charge is 0.150 e. The molecule has 0 saturated heterocycles. The van der Waals surface area contributed by atoms with E-state index < -0.39 is 0 Å². The summed E-state index contributed by atoms with van der Waals surface area (Å²) in [4.78, 5) is 0. The van der Waals surface area contributed by atoms with Crippen LogP contribution >= 0.6 is 23.2 Å². The maximum Gasteiger partial charge on any atom is 0.113 e. The van der Waals surface area contributed by atoms with Crippen LogP contribution in [-0.4, -0.2) is 10.2 Å². The smallest absolute Gasteiger partial charge is 0.113 e. The maximum atomic E-state index is 5.86. The second-order valence-electron chi connectivity index (χ2n) is 2.71. The fourth-order valence-electron chi connectivity index (χ4n) is 1.12. The normalized spacial score (nSPS) is 10.1. The number of rotatable bonds is 1. The van der Waals surface area contributed by atoms with Crippen molar-refractivity contribution < 1.29 is 0 Å². The fourth-order valence-corrected chi connectivity index (χ4v) is 1.65. The van der Waals surface area contributed by atoms with Crippen molar-refractivity contribution in [2.45, 2.75) is 0 Å². The van der Waals surface area contributed by atoms with E-state index in [1.807, 2.05) is 0 Å². The molecule has 69 valence electrons. The molecule has 0 atom stereocenters. The van der Waals surface area contributed by atoms with Crippen molar-refractivity contribution in [2.75, 3.05) is 0 Å². The first-order chi connectivity index (χ1) is 6.75. The molecule has 0 unspecified atom stereocenters. The molecule has 2 rings (SSSR count). The summed E-state index contributed by atoms with van der Waals surface area (Å²) in [6.45, 7) is 0. The maximum absolute atomic E-state index is 5.86. The average molecular weight is 224 g/mol. The van der Waals surface area contributed by atoms with Crippen LogP contribution in [0, 0.1) is 6.20 Å². The monoisotopic (exact) mass is 223 g/mol. The number of hydrogen-bond donors (Lipinski definition) is 0. The summed E-state index contributed by atoms with van der Waals surface area (Å²) < 4.78 is 0. The summed E-state index contributed by atoms with van der Waals surface area (Å²) >= 11 is 11.7. The third kappa shape index (κ3) is 2.03. The van der Waals surface area contributed by atoms with Crippen molar-refractivity contribution in [3.63, 3.8) is 0 Å².